The Morgan fingerprint density at radius 3 is 2.87 bits per heavy atom. The Balaban J connectivity index is 2.89. The van der Waals surface area contributed by atoms with Crippen LogP contribution < -0.4 is 10.1 Å². The third-order valence-electron chi connectivity index (χ3n) is 1.75. The van der Waals surface area contributed by atoms with E-state index in [1.54, 1.807) is 25.2 Å². The minimum Gasteiger partial charge on any atom is -0.466 e. The molecule has 0 saturated carbocycles. The van der Waals surface area contributed by atoms with E-state index in [0.29, 0.717) is 11.3 Å². The topological polar surface area (TPSA) is 47.6 Å². The fourth-order valence-corrected chi connectivity index (χ4v) is 1.38. The molecular weight excluding hydrogens is 262 g/mol. The predicted molar refractivity (Wildman–Crippen MR) is 60.0 cm³/mol. The summed E-state index contributed by atoms with van der Waals surface area (Å²) in [6.07, 6.45) is 0. The summed E-state index contributed by atoms with van der Waals surface area (Å²) in [6, 6.07) is 5.13. The van der Waals surface area contributed by atoms with Crippen molar-refractivity contribution >= 4 is 21.8 Å². The van der Waals surface area contributed by atoms with Gasteiger partial charge in [-0.25, -0.2) is 0 Å². The number of rotatable bonds is 4. The van der Waals surface area contributed by atoms with Gasteiger partial charge >= 0.3 is 0 Å². The maximum Gasteiger partial charge on any atom is 0.251 e. The molecule has 82 valence electrons. The Morgan fingerprint density at radius 2 is 2.27 bits per heavy atom. The quantitative estimate of drug-likeness (QED) is 0.851. The molecule has 1 aromatic carbocycles. The summed E-state index contributed by atoms with van der Waals surface area (Å²) in [6.45, 7) is 0.149. The molecule has 15 heavy (non-hydrogen) atoms. The Bertz CT molecular complexity index is 355. The number of halogens is 1. The van der Waals surface area contributed by atoms with E-state index in [-0.39, 0.29) is 12.7 Å². The van der Waals surface area contributed by atoms with Gasteiger partial charge in [-0.3, -0.25) is 4.79 Å². The number of hydrogen-bond acceptors (Lipinski definition) is 3. The molecule has 0 spiro atoms. The van der Waals surface area contributed by atoms with Gasteiger partial charge in [-0.15, -0.1) is 0 Å². The number of hydrogen-bond donors (Lipinski definition) is 1. The highest BCUT2D eigenvalue weighted by Crippen LogP contribution is 2.25. The van der Waals surface area contributed by atoms with Crippen molar-refractivity contribution in [2.45, 2.75) is 0 Å². The van der Waals surface area contributed by atoms with E-state index in [4.69, 9.17) is 9.47 Å². The molecule has 0 radical (unpaired) electrons. The molecule has 1 rings (SSSR count). The van der Waals surface area contributed by atoms with Gasteiger partial charge in [0.1, 0.15) is 5.75 Å². The molecule has 0 atom stereocenters. The molecule has 5 heteroatoms. The number of nitrogens with one attached hydrogen (secondary N) is 1. The molecule has 4 nitrogen and oxygen atoms in total. The van der Waals surface area contributed by atoms with E-state index in [0.717, 1.165) is 4.47 Å². The molecule has 0 aromatic heterocycles. The molecular formula is C10H12BrNO3. The molecule has 0 unspecified atom stereocenters. The zero-order valence-electron chi connectivity index (χ0n) is 8.54. The van der Waals surface area contributed by atoms with Gasteiger partial charge in [-0.2, -0.15) is 0 Å². The average molecular weight is 274 g/mol. The Morgan fingerprint density at radius 1 is 1.53 bits per heavy atom. The third kappa shape index (κ3) is 3.21. The second-order valence-corrected chi connectivity index (χ2v) is 3.63. The van der Waals surface area contributed by atoms with E-state index < -0.39 is 0 Å². The van der Waals surface area contributed by atoms with E-state index in [1.165, 1.54) is 7.11 Å². The van der Waals surface area contributed by atoms with E-state index in [9.17, 15) is 4.79 Å². The average Bonchev–Trinajstić information content (AvgIpc) is 2.27. The van der Waals surface area contributed by atoms with Crippen LogP contribution in [0.2, 0.25) is 0 Å². The Kier molecular flexibility index (Phi) is 4.58. The van der Waals surface area contributed by atoms with Crippen LogP contribution in [0.3, 0.4) is 0 Å². The summed E-state index contributed by atoms with van der Waals surface area (Å²) in [4.78, 5) is 11.3. The number of carbonyl (C=O) groups is 1. The van der Waals surface area contributed by atoms with Crippen LogP contribution in [-0.4, -0.2) is 26.9 Å². The fourth-order valence-electron chi connectivity index (χ4n) is 1.02. The van der Waals surface area contributed by atoms with Gasteiger partial charge in [0.15, 0.2) is 6.79 Å². The summed E-state index contributed by atoms with van der Waals surface area (Å²) in [5.41, 5.74) is 0.548. The van der Waals surface area contributed by atoms with Crippen LogP contribution in [0.1, 0.15) is 10.4 Å². The standard InChI is InChI=1S/C10H12BrNO3/c1-12-10(13)7-3-4-8(11)9(5-7)15-6-14-2/h3-5H,6H2,1-2H3,(H,12,13). The second-order valence-electron chi connectivity index (χ2n) is 2.78. The predicted octanol–water partition coefficient (Wildman–Crippen LogP) is 1.79. The normalized spacial score (nSPS) is 9.80. The van der Waals surface area contributed by atoms with Crippen molar-refractivity contribution in [3.63, 3.8) is 0 Å². The minimum absolute atomic E-state index is 0.148. The van der Waals surface area contributed by atoms with Gasteiger partial charge in [0.25, 0.3) is 5.91 Å². The first kappa shape index (κ1) is 12.0. The van der Waals surface area contributed by atoms with Gasteiger partial charge in [-0.05, 0) is 34.1 Å². The van der Waals surface area contributed by atoms with Crippen LogP contribution in [0.25, 0.3) is 0 Å². The summed E-state index contributed by atoms with van der Waals surface area (Å²) in [5.74, 6) is 0.433. The van der Waals surface area contributed by atoms with Crippen molar-refractivity contribution in [2.24, 2.45) is 0 Å². The van der Waals surface area contributed by atoms with Crippen LogP contribution in [0.4, 0.5) is 0 Å². The molecule has 0 heterocycles. The van der Waals surface area contributed by atoms with Gasteiger partial charge in [0.2, 0.25) is 0 Å². The summed E-state index contributed by atoms with van der Waals surface area (Å²) in [7, 11) is 3.12. The highest BCUT2D eigenvalue weighted by atomic mass is 79.9. The molecule has 0 aliphatic rings. The zero-order chi connectivity index (χ0) is 11.3. The fraction of sp³-hybridized carbons (Fsp3) is 0.300. The number of benzene rings is 1. The summed E-state index contributed by atoms with van der Waals surface area (Å²) in [5, 5.41) is 2.54. The minimum atomic E-state index is -0.148. The lowest BCUT2D eigenvalue weighted by atomic mass is 10.2. The maximum atomic E-state index is 11.3. The van der Waals surface area contributed by atoms with Crippen molar-refractivity contribution in [1.82, 2.24) is 5.32 Å². The first-order valence-electron chi connectivity index (χ1n) is 4.32. The molecule has 0 bridgehead atoms. The molecule has 1 N–H and O–H groups in total. The zero-order valence-corrected chi connectivity index (χ0v) is 10.1. The lowest BCUT2D eigenvalue weighted by molar-refractivity contribution is 0.0504. The largest absolute Gasteiger partial charge is 0.466 e. The van der Waals surface area contributed by atoms with E-state index >= 15 is 0 Å². The second kappa shape index (κ2) is 5.72. The molecule has 0 fully saturated rings. The Hall–Kier alpha value is -1.07. The molecule has 0 aliphatic carbocycles. The van der Waals surface area contributed by atoms with E-state index in [2.05, 4.69) is 21.2 Å². The number of amides is 1. The molecule has 1 amide bonds. The van der Waals surface area contributed by atoms with Crippen LogP contribution in [0.5, 0.6) is 5.75 Å². The molecule has 0 saturated heterocycles. The smallest absolute Gasteiger partial charge is 0.251 e. The van der Waals surface area contributed by atoms with Crippen molar-refractivity contribution in [3.8, 4) is 5.75 Å². The lowest BCUT2D eigenvalue weighted by Gasteiger charge is -2.08. The van der Waals surface area contributed by atoms with Crippen molar-refractivity contribution in [3.05, 3.63) is 28.2 Å². The molecule has 0 aliphatic heterocycles. The van der Waals surface area contributed by atoms with Crippen molar-refractivity contribution in [1.29, 1.82) is 0 Å². The van der Waals surface area contributed by atoms with Gasteiger partial charge in [-0.1, -0.05) is 0 Å². The first-order chi connectivity index (χ1) is 7.19. The highest BCUT2D eigenvalue weighted by Gasteiger charge is 2.07. The van der Waals surface area contributed by atoms with Gasteiger partial charge in [0, 0.05) is 19.7 Å². The van der Waals surface area contributed by atoms with Crippen molar-refractivity contribution < 1.29 is 14.3 Å². The summed E-state index contributed by atoms with van der Waals surface area (Å²) >= 11 is 3.32. The monoisotopic (exact) mass is 273 g/mol. The number of ether oxygens (including phenoxy) is 2. The third-order valence-corrected chi connectivity index (χ3v) is 2.41. The first-order valence-corrected chi connectivity index (χ1v) is 5.11. The lowest BCUT2D eigenvalue weighted by Crippen LogP contribution is -2.17. The van der Waals surface area contributed by atoms with Crippen LogP contribution in [0, 0.1) is 0 Å². The number of methoxy groups -OCH3 is 1. The summed E-state index contributed by atoms with van der Waals surface area (Å²) < 4.78 is 10.8. The highest BCUT2D eigenvalue weighted by molar-refractivity contribution is 9.10. The Labute approximate surface area is 96.7 Å². The van der Waals surface area contributed by atoms with Crippen LogP contribution in [0.15, 0.2) is 22.7 Å². The van der Waals surface area contributed by atoms with Gasteiger partial charge < -0.3 is 14.8 Å². The SMILES string of the molecule is CNC(=O)c1ccc(Br)c(OCOC)c1. The van der Waals surface area contributed by atoms with E-state index in [1.807, 2.05) is 0 Å². The van der Waals surface area contributed by atoms with Crippen LogP contribution >= 0.6 is 15.9 Å². The maximum absolute atomic E-state index is 11.3. The number of carbonyl (C=O) groups excluding carboxylic acids is 1. The van der Waals surface area contributed by atoms with Gasteiger partial charge in [0.05, 0.1) is 4.47 Å². The molecule has 1 aromatic rings. The van der Waals surface area contributed by atoms with Crippen LogP contribution in [-0.2, 0) is 4.74 Å². The van der Waals surface area contributed by atoms with Crippen molar-refractivity contribution in [2.75, 3.05) is 21.0 Å².